The van der Waals surface area contributed by atoms with Gasteiger partial charge in [-0.15, -0.1) is 16.9 Å². The Balaban J connectivity index is 1.87. The lowest BCUT2D eigenvalue weighted by Crippen LogP contribution is -2.01. The van der Waals surface area contributed by atoms with Crippen molar-refractivity contribution in [3.05, 3.63) is 23.8 Å². The Morgan fingerprint density at radius 3 is 3.00 bits per heavy atom. The highest BCUT2D eigenvalue weighted by Crippen LogP contribution is 2.34. The maximum Gasteiger partial charge on any atom is 0.106 e. The molecule has 2 aromatic rings. The summed E-state index contributed by atoms with van der Waals surface area (Å²) in [5.74, 6) is 0. The lowest BCUT2D eigenvalue weighted by Gasteiger charge is -2.09. The first-order valence-electron chi connectivity index (χ1n) is 5.76. The van der Waals surface area contributed by atoms with Crippen LogP contribution in [0.2, 0.25) is 0 Å². The van der Waals surface area contributed by atoms with Crippen molar-refractivity contribution in [3.8, 4) is 0 Å². The summed E-state index contributed by atoms with van der Waals surface area (Å²) in [5.41, 5.74) is 2.10. The van der Waals surface area contributed by atoms with Crippen LogP contribution in [0, 0.1) is 0 Å². The molecular formula is C12H12N2S3. The Hall–Kier alpha value is -0.520. The zero-order chi connectivity index (χ0) is 11.7. The van der Waals surface area contributed by atoms with Gasteiger partial charge in [0.2, 0.25) is 0 Å². The van der Waals surface area contributed by atoms with Crippen LogP contribution < -0.4 is 0 Å². The van der Waals surface area contributed by atoms with E-state index in [1.54, 1.807) is 0 Å². The molecule has 0 bridgehead atoms. The number of benzene rings is 1. The minimum atomic E-state index is 0.721. The van der Waals surface area contributed by atoms with Crippen LogP contribution >= 0.6 is 35.5 Å². The number of rotatable bonds is 2. The molecule has 0 saturated heterocycles. The summed E-state index contributed by atoms with van der Waals surface area (Å²) in [6.07, 6.45) is 5.32. The first-order valence-corrected chi connectivity index (χ1v) is 7.83. The quantitative estimate of drug-likeness (QED) is 0.775. The fraction of sp³-hybridized carbons (Fsp3) is 0.417. The largest absolute Gasteiger partial charge is 0.138 e. The van der Waals surface area contributed by atoms with Crippen molar-refractivity contribution < 1.29 is 0 Å². The highest BCUT2D eigenvalue weighted by atomic mass is 32.2. The number of fused-ring (bicyclic) bond motifs is 1. The Morgan fingerprint density at radius 1 is 1.35 bits per heavy atom. The second-order valence-electron chi connectivity index (χ2n) is 4.24. The summed E-state index contributed by atoms with van der Waals surface area (Å²) in [6, 6.07) is 6.10. The monoisotopic (exact) mass is 280 g/mol. The van der Waals surface area contributed by atoms with Crippen molar-refractivity contribution in [1.82, 2.24) is 9.59 Å². The zero-order valence-corrected chi connectivity index (χ0v) is 11.7. The van der Waals surface area contributed by atoms with Gasteiger partial charge in [-0.25, -0.2) is 0 Å². The van der Waals surface area contributed by atoms with Crippen LogP contribution in [0.25, 0.3) is 10.2 Å². The van der Waals surface area contributed by atoms with Gasteiger partial charge in [-0.2, -0.15) is 0 Å². The van der Waals surface area contributed by atoms with E-state index in [2.05, 4.69) is 15.7 Å². The average Bonchev–Trinajstić information content (AvgIpc) is 2.97. The van der Waals surface area contributed by atoms with Gasteiger partial charge in [0, 0.05) is 10.8 Å². The summed E-state index contributed by atoms with van der Waals surface area (Å²) in [7, 11) is 0. The third-order valence-corrected chi connectivity index (χ3v) is 5.59. The smallest absolute Gasteiger partial charge is 0.106 e. The van der Waals surface area contributed by atoms with E-state index in [4.69, 9.17) is 12.2 Å². The van der Waals surface area contributed by atoms with Gasteiger partial charge in [-0.3, -0.25) is 0 Å². The lowest BCUT2D eigenvalue weighted by atomic mass is 10.2. The van der Waals surface area contributed by atoms with E-state index in [-0.39, 0.29) is 0 Å². The predicted molar refractivity (Wildman–Crippen MR) is 79.0 cm³/mol. The summed E-state index contributed by atoms with van der Waals surface area (Å²) in [5, 5.41) is 4.81. The highest BCUT2D eigenvalue weighted by molar-refractivity contribution is 8.24. The molecule has 1 aromatic carbocycles. The molecule has 1 aromatic heterocycles. The van der Waals surface area contributed by atoms with E-state index in [0.717, 1.165) is 25.2 Å². The molecule has 5 heteroatoms. The number of thioether (sulfide) groups is 1. The van der Waals surface area contributed by atoms with Crippen LogP contribution in [0.15, 0.2) is 18.2 Å². The third-order valence-electron chi connectivity index (χ3n) is 3.07. The molecule has 3 rings (SSSR count). The number of thiocarbonyl (C=S) groups is 1. The number of aromatic nitrogens is 2. The number of hydrogen-bond acceptors (Lipinski definition) is 5. The van der Waals surface area contributed by atoms with Gasteiger partial charge in [0.1, 0.15) is 5.52 Å². The van der Waals surface area contributed by atoms with E-state index in [1.807, 2.05) is 23.9 Å². The van der Waals surface area contributed by atoms with Gasteiger partial charge in [-0.1, -0.05) is 41.7 Å². The molecule has 17 heavy (non-hydrogen) atoms. The van der Waals surface area contributed by atoms with E-state index in [1.165, 1.54) is 37.2 Å². The second kappa shape index (κ2) is 5.00. The third kappa shape index (κ3) is 2.37. The topological polar surface area (TPSA) is 25.8 Å². The van der Waals surface area contributed by atoms with Crippen molar-refractivity contribution in [1.29, 1.82) is 0 Å². The lowest BCUT2D eigenvalue weighted by molar-refractivity contribution is 0.886. The maximum absolute atomic E-state index is 5.56. The molecule has 1 saturated carbocycles. The van der Waals surface area contributed by atoms with Crippen LogP contribution in [0.5, 0.6) is 0 Å². The molecule has 2 nitrogen and oxygen atoms in total. The van der Waals surface area contributed by atoms with Gasteiger partial charge in [0.25, 0.3) is 0 Å². The second-order valence-corrected chi connectivity index (χ2v) is 6.97. The molecule has 0 aliphatic heterocycles. The van der Waals surface area contributed by atoms with Crippen molar-refractivity contribution in [2.75, 3.05) is 0 Å². The molecule has 1 aliphatic carbocycles. The Labute approximate surface area is 114 Å². The molecule has 1 fully saturated rings. The molecule has 0 unspecified atom stereocenters. The van der Waals surface area contributed by atoms with Gasteiger partial charge >= 0.3 is 0 Å². The molecule has 0 atom stereocenters. The minimum Gasteiger partial charge on any atom is -0.138 e. The Bertz CT molecular complexity index is 543. The number of hydrogen-bond donors (Lipinski definition) is 0. The summed E-state index contributed by atoms with van der Waals surface area (Å²) in [4.78, 5) is 0. The normalized spacial score (nSPS) is 16.7. The van der Waals surface area contributed by atoms with E-state index >= 15 is 0 Å². The highest BCUT2D eigenvalue weighted by Gasteiger charge is 2.19. The van der Waals surface area contributed by atoms with Crippen LogP contribution in [0.1, 0.15) is 31.2 Å². The zero-order valence-electron chi connectivity index (χ0n) is 9.26. The van der Waals surface area contributed by atoms with Crippen molar-refractivity contribution in [2.24, 2.45) is 0 Å². The molecule has 0 radical (unpaired) electrons. The Kier molecular flexibility index (Phi) is 3.40. The van der Waals surface area contributed by atoms with Crippen molar-refractivity contribution in [3.63, 3.8) is 0 Å². The first kappa shape index (κ1) is 11.6. The minimum absolute atomic E-state index is 0.721. The van der Waals surface area contributed by atoms with Crippen LogP contribution in [0.4, 0.5) is 0 Å². The molecule has 0 N–H and O–H groups in total. The van der Waals surface area contributed by atoms with Crippen LogP contribution in [-0.2, 0) is 0 Å². The Morgan fingerprint density at radius 2 is 2.18 bits per heavy atom. The van der Waals surface area contributed by atoms with Gasteiger partial charge in [-0.05, 0) is 30.4 Å². The SMILES string of the molecule is S=C(SC1CCCC1)c1cccc2nnsc12. The standard InChI is InChI=1S/C12H12N2S3/c15-12(16-8-4-1-2-5-8)9-6-3-7-10-11(9)17-14-13-10/h3,6-8H,1-2,4-5H2. The van der Waals surface area contributed by atoms with E-state index in [9.17, 15) is 0 Å². The molecular weight excluding hydrogens is 268 g/mol. The molecule has 1 aliphatic rings. The molecule has 0 amide bonds. The molecule has 1 heterocycles. The summed E-state index contributed by atoms with van der Waals surface area (Å²) in [6.45, 7) is 0. The van der Waals surface area contributed by atoms with E-state index in [0.29, 0.717) is 0 Å². The average molecular weight is 280 g/mol. The van der Waals surface area contributed by atoms with Crippen LogP contribution in [-0.4, -0.2) is 19.0 Å². The van der Waals surface area contributed by atoms with Crippen molar-refractivity contribution in [2.45, 2.75) is 30.9 Å². The first-order chi connectivity index (χ1) is 8.34. The van der Waals surface area contributed by atoms with Gasteiger partial charge in [0.15, 0.2) is 0 Å². The van der Waals surface area contributed by atoms with Crippen molar-refractivity contribution >= 4 is 49.9 Å². The maximum atomic E-state index is 5.56. The van der Waals surface area contributed by atoms with Crippen LogP contribution in [0.3, 0.4) is 0 Å². The predicted octanol–water partition coefficient (Wildman–Crippen LogP) is 4.04. The summed E-state index contributed by atoms with van der Waals surface area (Å²) < 4.78 is 6.13. The fourth-order valence-electron chi connectivity index (χ4n) is 2.19. The summed E-state index contributed by atoms with van der Waals surface area (Å²) >= 11 is 8.86. The van der Waals surface area contributed by atoms with Gasteiger partial charge < -0.3 is 0 Å². The van der Waals surface area contributed by atoms with Gasteiger partial charge in [0.05, 0.1) is 8.90 Å². The number of nitrogens with zero attached hydrogens (tertiary/aromatic N) is 2. The molecule has 88 valence electrons. The fourth-order valence-corrected chi connectivity index (χ4v) is 4.74. The van der Waals surface area contributed by atoms with E-state index < -0.39 is 0 Å². The molecule has 0 spiro atoms.